The smallest absolute Gasteiger partial charge is 0.406 e. The van der Waals surface area contributed by atoms with E-state index in [0.29, 0.717) is 17.7 Å². The highest BCUT2D eigenvalue weighted by Gasteiger charge is 2.42. The Hall–Kier alpha value is -1.47. The minimum atomic E-state index is -4.50. The summed E-state index contributed by atoms with van der Waals surface area (Å²) < 4.78 is 37.3. The largest absolute Gasteiger partial charge is 0.480 e. The van der Waals surface area contributed by atoms with Crippen molar-refractivity contribution in [2.24, 2.45) is 5.41 Å². The molecule has 0 aromatic heterocycles. The molecule has 0 radical (unpaired) electrons. The first-order chi connectivity index (χ1) is 8.92. The number of nitrogens with zero attached hydrogens (tertiary/aromatic N) is 1. The van der Waals surface area contributed by atoms with E-state index in [1.807, 2.05) is 0 Å². The Morgan fingerprint density at radius 2 is 1.80 bits per heavy atom. The fourth-order valence-corrected chi connectivity index (χ4v) is 1.80. The molecule has 0 unspecified atom stereocenters. The molecule has 0 spiro atoms. The van der Waals surface area contributed by atoms with Crippen LogP contribution in [0.5, 0.6) is 0 Å². The van der Waals surface area contributed by atoms with Crippen molar-refractivity contribution in [3.05, 3.63) is 0 Å². The van der Waals surface area contributed by atoms with Crippen molar-refractivity contribution in [2.75, 3.05) is 6.54 Å². The third-order valence-corrected chi connectivity index (χ3v) is 2.98. The predicted molar refractivity (Wildman–Crippen MR) is 65.2 cm³/mol. The van der Waals surface area contributed by atoms with Crippen LogP contribution in [0.15, 0.2) is 0 Å². The van der Waals surface area contributed by atoms with Gasteiger partial charge in [0.2, 0.25) is 0 Å². The zero-order chi connectivity index (χ0) is 15.7. The molecule has 2 N–H and O–H groups in total. The third kappa shape index (κ3) is 4.90. The molecule has 5 nitrogen and oxygen atoms in total. The number of alkyl halides is 3. The second kappa shape index (κ2) is 5.49. The summed E-state index contributed by atoms with van der Waals surface area (Å²) in [5.74, 6) is -1.27. The van der Waals surface area contributed by atoms with Gasteiger partial charge < -0.3 is 15.3 Å². The topological polar surface area (TPSA) is 69.6 Å². The number of carbonyl (C=O) groups is 2. The van der Waals surface area contributed by atoms with E-state index < -0.39 is 42.2 Å². The van der Waals surface area contributed by atoms with Gasteiger partial charge in [0.05, 0.1) is 0 Å². The van der Waals surface area contributed by atoms with Crippen LogP contribution in [0.2, 0.25) is 0 Å². The minimum absolute atomic E-state index is 0.453. The van der Waals surface area contributed by atoms with Crippen LogP contribution < -0.4 is 5.32 Å². The molecule has 0 bridgehead atoms. The lowest BCUT2D eigenvalue weighted by molar-refractivity contribution is -0.143. The van der Waals surface area contributed by atoms with Gasteiger partial charge in [-0.25, -0.2) is 9.59 Å². The average molecular weight is 296 g/mol. The molecule has 0 aromatic rings. The Balaban J connectivity index is 2.77. The second-order valence-corrected chi connectivity index (χ2v) is 6.06. The SMILES string of the molecule is CC(C)(C)[C@@H](NC(=O)N(CC(F)(F)F)C1CC1)C(=O)O. The molecule has 0 heterocycles. The number of aliphatic carboxylic acids is 1. The Morgan fingerprint density at radius 1 is 1.30 bits per heavy atom. The van der Waals surface area contributed by atoms with E-state index in [1.165, 1.54) is 0 Å². The van der Waals surface area contributed by atoms with Crippen LogP contribution in [0.1, 0.15) is 33.6 Å². The van der Waals surface area contributed by atoms with Crippen LogP contribution in [0.25, 0.3) is 0 Å². The van der Waals surface area contributed by atoms with E-state index in [0.717, 1.165) is 0 Å². The van der Waals surface area contributed by atoms with Gasteiger partial charge in [0.1, 0.15) is 12.6 Å². The van der Waals surface area contributed by atoms with Crippen molar-refractivity contribution >= 4 is 12.0 Å². The standard InChI is InChI=1S/C12H19F3N2O3/c1-11(2,3)8(9(18)19)16-10(20)17(7-4-5-7)6-12(13,14)15/h7-8H,4-6H2,1-3H3,(H,16,20)(H,18,19)/t8-/m0/s1. The fourth-order valence-electron chi connectivity index (χ4n) is 1.80. The van der Waals surface area contributed by atoms with Crippen molar-refractivity contribution in [3.63, 3.8) is 0 Å². The lowest BCUT2D eigenvalue weighted by Crippen LogP contribution is -2.55. The van der Waals surface area contributed by atoms with E-state index in [4.69, 9.17) is 5.11 Å². The first kappa shape index (κ1) is 16.6. The highest BCUT2D eigenvalue weighted by Crippen LogP contribution is 2.30. The Kier molecular flexibility index (Phi) is 4.55. The highest BCUT2D eigenvalue weighted by atomic mass is 19.4. The van der Waals surface area contributed by atoms with Crippen LogP contribution in [-0.2, 0) is 4.79 Å². The number of urea groups is 1. The summed E-state index contributed by atoms with van der Waals surface area (Å²) in [5, 5.41) is 11.3. The molecule has 116 valence electrons. The average Bonchev–Trinajstić information content (AvgIpc) is 3.02. The first-order valence-corrected chi connectivity index (χ1v) is 6.28. The monoisotopic (exact) mass is 296 g/mol. The number of carboxylic acid groups (broad SMARTS) is 1. The number of rotatable bonds is 4. The molecule has 2 amide bonds. The highest BCUT2D eigenvalue weighted by molar-refractivity contribution is 5.83. The minimum Gasteiger partial charge on any atom is -0.480 e. The van der Waals surface area contributed by atoms with Gasteiger partial charge in [0.15, 0.2) is 0 Å². The van der Waals surface area contributed by atoms with Gasteiger partial charge in [-0.15, -0.1) is 0 Å². The van der Waals surface area contributed by atoms with E-state index >= 15 is 0 Å². The number of carboxylic acids is 1. The van der Waals surface area contributed by atoms with Gasteiger partial charge in [-0.2, -0.15) is 13.2 Å². The number of carbonyl (C=O) groups excluding carboxylic acids is 1. The van der Waals surface area contributed by atoms with Crippen molar-refractivity contribution in [1.82, 2.24) is 10.2 Å². The van der Waals surface area contributed by atoms with Gasteiger partial charge >= 0.3 is 18.2 Å². The van der Waals surface area contributed by atoms with Gasteiger partial charge in [-0.1, -0.05) is 20.8 Å². The maximum Gasteiger partial charge on any atom is 0.406 e. The first-order valence-electron chi connectivity index (χ1n) is 6.28. The van der Waals surface area contributed by atoms with Crippen LogP contribution in [0.3, 0.4) is 0 Å². The molecule has 1 aliphatic rings. The van der Waals surface area contributed by atoms with Crippen LogP contribution in [-0.4, -0.2) is 46.8 Å². The summed E-state index contributed by atoms with van der Waals surface area (Å²) in [6.45, 7) is 3.42. The molecule has 1 saturated carbocycles. The quantitative estimate of drug-likeness (QED) is 0.835. The zero-order valence-corrected chi connectivity index (χ0v) is 11.6. The molecule has 1 aliphatic carbocycles. The molecule has 1 atom stereocenters. The molecule has 1 rings (SSSR count). The molecule has 1 fully saturated rings. The maximum absolute atomic E-state index is 12.4. The predicted octanol–water partition coefficient (Wildman–Crippen LogP) is 2.22. The van der Waals surface area contributed by atoms with Crippen LogP contribution in [0, 0.1) is 5.41 Å². The Bertz CT molecular complexity index is 386. The summed E-state index contributed by atoms with van der Waals surface area (Å²) in [6.07, 6.45) is -3.48. The number of nitrogens with one attached hydrogen (secondary N) is 1. The summed E-state index contributed by atoms with van der Waals surface area (Å²) >= 11 is 0. The molecule has 20 heavy (non-hydrogen) atoms. The summed E-state index contributed by atoms with van der Waals surface area (Å²) in [6, 6.07) is -2.68. The number of hydrogen-bond donors (Lipinski definition) is 2. The van der Waals surface area contributed by atoms with E-state index in [9.17, 15) is 22.8 Å². The number of hydrogen-bond acceptors (Lipinski definition) is 2. The van der Waals surface area contributed by atoms with Crippen molar-refractivity contribution in [3.8, 4) is 0 Å². The van der Waals surface area contributed by atoms with Crippen LogP contribution in [0.4, 0.5) is 18.0 Å². The molecular weight excluding hydrogens is 277 g/mol. The van der Waals surface area contributed by atoms with Gasteiger partial charge in [-0.05, 0) is 18.3 Å². The molecule has 8 heteroatoms. The molecule has 0 aromatic carbocycles. The third-order valence-electron chi connectivity index (χ3n) is 2.98. The molecule has 0 aliphatic heterocycles. The Labute approximate surface area is 115 Å². The van der Waals surface area contributed by atoms with Crippen LogP contribution >= 0.6 is 0 Å². The zero-order valence-electron chi connectivity index (χ0n) is 11.6. The summed E-state index contributed by atoms with van der Waals surface area (Å²) in [5.41, 5.74) is -0.797. The Morgan fingerprint density at radius 3 is 2.10 bits per heavy atom. The summed E-state index contributed by atoms with van der Waals surface area (Å²) in [4.78, 5) is 23.7. The van der Waals surface area contributed by atoms with Crippen molar-refractivity contribution in [1.29, 1.82) is 0 Å². The lowest BCUT2D eigenvalue weighted by Gasteiger charge is -2.31. The van der Waals surface area contributed by atoms with Crippen molar-refractivity contribution < 1.29 is 27.9 Å². The number of halogens is 3. The van der Waals surface area contributed by atoms with Gasteiger partial charge in [-0.3, -0.25) is 0 Å². The van der Waals surface area contributed by atoms with Crippen molar-refractivity contribution in [2.45, 2.75) is 51.9 Å². The lowest BCUT2D eigenvalue weighted by atomic mass is 9.87. The summed E-state index contributed by atoms with van der Waals surface area (Å²) in [7, 11) is 0. The normalized spacial score (nSPS) is 17.5. The number of amides is 2. The van der Waals surface area contributed by atoms with Gasteiger partial charge in [0.25, 0.3) is 0 Å². The second-order valence-electron chi connectivity index (χ2n) is 6.06. The fraction of sp³-hybridized carbons (Fsp3) is 0.833. The molecular formula is C12H19F3N2O3. The van der Waals surface area contributed by atoms with E-state index in [2.05, 4.69) is 5.32 Å². The van der Waals surface area contributed by atoms with Gasteiger partial charge in [0, 0.05) is 6.04 Å². The molecule has 0 saturated heterocycles. The van der Waals surface area contributed by atoms with E-state index in [1.54, 1.807) is 20.8 Å². The maximum atomic E-state index is 12.4. The van der Waals surface area contributed by atoms with E-state index in [-0.39, 0.29) is 0 Å².